The van der Waals surface area contributed by atoms with Crippen molar-refractivity contribution >= 4 is 11.7 Å². The zero-order chi connectivity index (χ0) is 15.7. The predicted molar refractivity (Wildman–Crippen MR) is 85.0 cm³/mol. The van der Waals surface area contributed by atoms with Gasteiger partial charge in [0.15, 0.2) is 0 Å². The molecule has 1 fully saturated rings. The summed E-state index contributed by atoms with van der Waals surface area (Å²) in [7, 11) is 0. The van der Waals surface area contributed by atoms with Crippen molar-refractivity contribution in [2.75, 3.05) is 11.4 Å². The summed E-state index contributed by atoms with van der Waals surface area (Å²) in [5.74, 6) is 0.512. The summed E-state index contributed by atoms with van der Waals surface area (Å²) in [6.07, 6.45) is 3.16. The molecule has 0 unspecified atom stereocenters. The van der Waals surface area contributed by atoms with E-state index in [1.165, 1.54) is 12.1 Å². The maximum absolute atomic E-state index is 13.3. The fraction of sp³-hybridized carbons (Fsp3) is 0.333. The molecular weight excluding hydrogens is 279 g/mol. The largest absolute Gasteiger partial charge is 0.296 e. The Bertz CT molecular complexity index is 694. The molecule has 0 saturated carbocycles. The minimum absolute atomic E-state index is 0.108. The van der Waals surface area contributed by atoms with Crippen LogP contribution < -0.4 is 4.90 Å². The first-order chi connectivity index (χ1) is 10.4. The average molecular weight is 298 g/mol. The van der Waals surface area contributed by atoms with E-state index in [4.69, 9.17) is 0 Å². The Morgan fingerprint density at radius 3 is 2.68 bits per heavy atom. The summed E-state index contributed by atoms with van der Waals surface area (Å²) in [4.78, 5) is 18.3. The number of halogens is 1. The monoisotopic (exact) mass is 298 g/mol. The molecule has 1 aromatic carbocycles. The molecule has 0 atom stereocenters. The lowest BCUT2D eigenvalue weighted by Gasteiger charge is -2.37. The Kier molecular flexibility index (Phi) is 3.69. The smallest absolute Gasteiger partial charge is 0.228 e. The maximum atomic E-state index is 13.3. The number of hydrogen-bond acceptors (Lipinski definition) is 2. The molecule has 3 nitrogen and oxygen atoms in total. The van der Waals surface area contributed by atoms with Crippen molar-refractivity contribution in [3.05, 3.63) is 48.4 Å². The second-order valence-electron chi connectivity index (χ2n) is 6.56. The number of nitrogens with zero attached hydrogens (tertiary/aromatic N) is 2. The number of piperidine rings is 1. The van der Waals surface area contributed by atoms with Gasteiger partial charge in [-0.3, -0.25) is 9.69 Å². The topological polar surface area (TPSA) is 33.2 Å². The van der Waals surface area contributed by atoms with Crippen LogP contribution in [0.2, 0.25) is 0 Å². The summed E-state index contributed by atoms with van der Waals surface area (Å²) in [5.41, 5.74) is 1.73. The molecular formula is C18H19FN2O. The van der Waals surface area contributed by atoms with E-state index in [9.17, 15) is 9.18 Å². The first kappa shape index (κ1) is 14.7. The standard InChI is InChI=1S/C18H19FN2O/c1-18(2)9-8-17(22)21(12-18)16-7-6-14(11-20-16)13-4-3-5-15(19)10-13/h3-7,10-11H,8-9,12H2,1-2H3. The van der Waals surface area contributed by atoms with Gasteiger partial charge in [0.05, 0.1) is 0 Å². The Morgan fingerprint density at radius 2 is 2.00 bits per heavy atom. The molecule has 3 rings (SSSR count). The summed E-state index contributed by atoms with van der Waals surface area (Å²) in [5, 5.41) is 0. The summed E-state index contributed by atoms with van der Waals surface area (Å²) < 4.78 is 13.3. The highest BCUT2D eigenvalue weighted by Gasteiger charge is 2.32. The normalized spacial score (nSPS) is 17.6. The van der Waals surface area contributed by atoms with E-state index in [1.54, 1.807) is 17.2 Å². The van der Waals surface area contributed by atoms with Crippen molar-refractivity contribution in [1.29, 1.82) is 0 Å². The summed E-state index contributed by atoms with van der Waals surface area (Å²) in [6.45, 7) is 5.00. The Labute approximate surface area is 129 Å². The molecule has 0 N–H and O–H groups in total. The molecule has 0 bridgehead atoms. The van der Waals surface area contributed by atoms with Crippen LogP contribution in [0, 0.1) is 11.2 Å². The van der Waals surface area contributed by atoms with Crippen molar-refractivity contribution < 1.29 is 9.18 Å². The van der Waals surface area contributed by atoms with Gasteiger partial charge in [0.1, 0.15) is 11.6 Å². The minimum atomic E-state index is -0.269. The summed E-state index contributed by atoms with van der Waals surface area (Å²) >= 11 is 0. The Morgan fingerprint density at radius 1 is 1.18 bits per heavy atom. The van der Waals surface area contributed by atoms with Crippen molar-refractivity contribution in [3.63, 3.8) is 0 Å². The number of amides is 1. The number of aromatic nitrogens is 1. The number of pyridine rings is 1. The summed E-state index contributed by atoms with van der Waals surface area (Å²) in [6, 6.07) is 10.1. The van der Waals surface area contributed by atoms with Crippen LogP contribution in [-0.4, -0.2) is 17.4 Å². The lowest BCUT2D eigenvalue weighted by molar-refractivity contribution is -0.121. The molecule has 22 heavy (non-hydrogen) atoms. The minimum Gasteiger partial charge on any atom is -0.296 e. The Balaban J connectivity index is 1.86. The third kappa shape index (κ3) is 3.01. The van der Waals surface area contributed by atoms with Gasteiger partial charge in [-0.2, -0.15) is 0 Å². The second kappa shape index (κ2) is 5.52. The number of anilines is 1. The van der Waals surface area contributed by atoms with Gasteiger partial charge >= 0.3 is 0 Å². The Hall–Kier alpha value is -2.23. The number of benzene rings is 1. The van der Waals surface area contributed by atoms with E-state index in [1.807, 2.05) is 18.2 Å². The van der Waals surface area contributed by atoms with E-state index in [0.717, 1.165) is 17.5 Å². The van der Waals surface area contributed by atoms with Crippen LogP contribution in [0.15, 0.2) is 42.6 Å². The number of carbonyl (C=O) groups is 1. The van der Waals surface area contributed by atoms with Gasteiger partial charge in [0.2, 0.25) is 5.91 Å². The molecule has 1 aromatic heterocycles. The lowest BCUT2D eigenvalue weighted by atomic mass is 9.84. The molecule has 0 spiro atoms. The zero-order valence-electron chi connectivity index (χ0n) is 12.8. The average Bonchev–Trinajstić information content (AvgIpc) is 2.50. The van der Waals surface area contributed by atoms with Crippen LogP contribution in [0.3, 0.4) is 0 Å². The third-order valence-corrected chi connectivity index (χ3v) is 4.09. The SMILES string of the molecule is CC1(C)CCC(=O)N(c2ccc(-c3cccc(F)c3)cn2)C1. The molecule has 1 aliphatic rings. The molecule has 4 heteroatoms. The number of hydrogen-bond donors (Lipinski definition) is 0. The molecule has 2 aromatic rings. The molecule has 1 aliphatic heterocycles. The van der Waals surface area contributed by atoms with Crippen LogP contribution in [0.5, 0.6) is 0 Å². The maximum Gasteiger partial charge on any atom is 0.228 e. The van der Waals surface area contributed by atoms with E-state index >= 15 is 0 Å². The van der Waals surface area contributed by atoms with Crippen LogP contribution in [0.25, 0.3) is 11.1 Å². The van der Waals surface area contributed by atoms with Crippen molar-refractivity contribution in [3.8, 4) is 11.1 Å². The van der Waals surface area contributed by atoms with Crippen LogP contribution >= 0.6 is 0 Å². The third-order valence-electron chi connectivity index (χ3n) is 4.09. The molecule has 1 amide bonds. The molecule has 1 saturated heterocycles. The van der Waals surface area contributed by atoms with Gasteiger partial charge in [-0.25, -0.2) is 9.37 Å². The second-order valence-corrected chi connectivity index (χ2v) is 6.56. The van der Waals surface area contributed by atoms with Crippen molar-refractivity contribution in [2.45, 2.75) is 26.7 Å². The molecule has 0 radical (unpaired) electrons. The number of carbonyl (C=O) groups excluding carboxylic acids is 1. The fourth-order valence-electron chi connectivity index (χ4n) is 2.77. The highest BCUT2D eigenvalue weighted by Crippen LogP contribution is 2.32. The van der Waals surface area contributed by atoms with Crippen LogP contribution in [0.1, 0.15) is 26.7 Å². The van der Waals surface area contributed by atoms with Gasteiger partial charge in [0.25, 0.3) is 0 Å². The van der Waals surface area contributed by atoms with Crippen molar-refractivity contribution in [1.82, 2.24) is 4.98 Å². The quantitative estimate of drug-likeness (QED) is 0.838. The number of rotatable bonds is 2. The van der Waals surface area contributed by atoms with Gasteiger partial charge in [-0.05, 0) is 41.7 Å². The van der Waals surface area contributed by atoms with Gasteiger partial charge in [0, 0.05) is 24.7 Å². The molecule has 2 heterocycles. The molecule has 114 valence electrons. The van der Waals surface area contributed by atoms with Gasteiger partial charge in [-0.15, -0.1) is 0 Å². The van der Waals surface area contributed by atoms with Crippen LogP contribution in [0.4, 0.5) is 10.2 Å². The highest BCUT2D eigenvalue weighted by molar-refractivity contribution is 5.93. The lowest BCUT2D eigenvalue weighted by Crippen LogP contribution is -2.44. The van der Waals surface area contributed by atoms with E-state index in [0.29, 0.717) is 18.8 Å². The van der Waals surface area contributed by atoms with E-state index < -0.39 is 0 Å². The van der Waals surface area contributed by atoms with Crippen molar-refractivity contribution in [2.24, 2.45) is 5.41 Å². The zero-order valence-corrected chi connectivity index (χ0v) is 12.8. The fourth-order valence-corrected chi connectivity index (χ4v) is 2.77. The van der Waals surface area contributed by atoms with E-state index in [2.05, 4.69) is 18.8 Å². The molecule has 0 aliphatic carbocycles. The first-order valence-electron chi connectivity index (χ1n) is 7.47. The highest BCUT2D eigenvalue weighted by atomic mass is 19.1. The van der Waals surface area contributed by atoms with E-state index in [-0.39, 0.29) is 17.1 Å². The van der Waals surface area contributed by atoms with Crippen LogP contribution in [-0.2, 0) is 4.79 Å². The predicted octanol–water partition coefficient (Wildman–Crippen LogP) is 4.04. The van der Waals surface area contributed by atoms with Gasteiger partial charge in [-0.1, -0.05) is 26.0 Å². The van der Waals surface area contributed by atoms with Gasteiger partial charge < -0.3 is 0 Å². The first-order valence-corrected chi connectivity index (χ1v) is 7.47.